The third-order valence-electron chi connectivity index (χ3n) is 21.8. The van der Waals surface area contributed by atoms with E-state index in [0.717, 1.165) is 174 Å². The molecule has 598 valence electrons. The molecule has 0 saturated carbocycles. The fraction of sp³-hybridized carbons (Fsp3) is 0.432. The van der Waals surface area contributed by atoms with E-state index in [4.69, 9.17) is 63.2 Å². The highest BCUT2D eigenvalue weighted by Crippen LogP contribution is 2.44. The van der Waals surface area contributed by atoms with Gasteiger partial charge in [-0.05, 0) is 223 Å². The number of ether oxygens (including phenoxy) is 6. The molecule has 0 radical (unpaired) electrons. The van der Waals surface area contributed by atoms with Crippen LogP contribution in [-0.4, -0.2) is 181 Å². The van der Waals surface area contributed by atoms with Gasteiger partial charge in [0, 0.05) is 136 Å². The average Bonchev–Trinajstić information content (AvgIpc) is 1.68. The fourth-order valence-electron chi connectivity index (χ4n) is 15.9. The molecule has 3 N–H and O–H groups in total. The summed E-state index contributed by atoms with van der Waals surface area (Å²) in [7, 11) is 2.20. The summed E-state index contributed by atoms with van der Waals surface area (Å²) in [6.07, 6.45) is 23.9. The van der Waals surface area contributed by atoms with Gasteiger partial charge in [0.05, 0.1) is 46.0 Å². The molecule has 3 unspecified atom stereocenters. The number of carbonyl (C=O) groups is 3. The van der Waals surface area contributed by atoms with Gasteiger partial charge in [0.25, 0.3) is 0 Å². The van der Waals surface area contributed by atoms with Gasteiger partial charge in [-0.25, -0.2) is 24.4 Å². The van der Waals surface area contributed by atoms with Crippen LogP contribution in [0.15, 0.2) is 159 Å². The number of nitrogens with one attached hydrogen (secondary N) is 3. The summed E-state index contributed by atoms with van der Waals surface area (Å²) in [4.78, 5) is 67.8. The smallest absolute Gasteiger partial charge is 0.410 e. The molecule has 5 aromatic heterocycles. The maximum absolute atomic E-state index is 12.9. The lowest BCUT2D eigenvalue weighted by Crippen LogP contribution is -2.44. The van der Waals surface area contributed by atoms with E-state index in [0.29, 0.717) is 67.7 Å². The van der Waals surface area contributed by atoms with Gasteiger partial charge < -0.3 is 57.7 Å². The van der Waals surface area contributed by atoms with Gasteiger partial charge in [-0.3, -0.25) is 19.4 Å². The van der Waals surface area contributed by atoms with E-state index in [2.05, 4.69) is 63.6 Å². The van der Waals surface area contributed by atoms with E-state index in [-0.39, 0.29) is 36.4 Å². The standard InChI is InChI=1S/C31H41ClN4O3.C29H33ClN4O3.C28H32ClN5O3/c1-3-38-31(37)36-16-14-26-27-22-24(32)10-13-28(27)33-29(26)30(36)23-8-11-25(12-9-23)39-21-7-5-4-6-15-35-19-17-34(2)18-20-35;1-2-36-29(35)34-16-13-24-25-19-22(30)9-12-26(25)32-27(24)28(34)21-7-10-23(11-8-21)37-18-6-4-3-5-15-33-17-14-31-20-33;1-2-36-28(35)34-15-13-23-24-17-21(29)9-12-25(24)32-26(23)27(34)20-7-10-22(11-8-20)37-16-6-4-3-5-14-33-19-30-18-31-33/h8-13,22,30,33H,3-7,14-21H2,1-2H3;7-12,14,17,19-20,28,32H,2-6,13,15-16,18H2,1H3;7-12,17-19,27,32H,2-6,13-16H2,1H3. The number of rotatable bonds is 30. The number of fused-ring (bicyclic) bond motifs is 9. The molecule has 113 heavy (non-hydrogen) atoms. The molecule has 15 rings (SSSR count). The third kappa shape index (κ3) is 21.0. The number of piperazine rings is 1. The van der Waals surface area contributed by atoms with E-state index in [1.54, 1.807) is 17.6 Å². The molecule has 1 fully saturated rings. The Labute approximate surface area is 677 Å². The van der Waals surface area contributed by atoms with Crippen LogP contribution in [0.4, 0.5) is 14.4 Å². The minimum Gasteiger partial charge on any atom is -0.494 e. The number of nitrogens with zero attached hydrogens (tertiary/aromatic N) is 10. The molecule has 11 aromatic rings. The summed E-state index contributed by atoms with van der Waals surface area (Å²) in [5, 5.41) is 9.59. The van der Waals surface area contributed by atoms with Crippen molar-refractivity contribution >= 4 is 85.8 Å². The van der Waals surface area contributed by atoms with Gasteiger partial charge in [-0.2, -0.15) is 5.10 Å². The zero-order chi connectivity index (χ0) is 78.4. The van der Waals surface area contributed by atoms with Crippen molar-refractivity contribution < 1.29 is 42.8 Å². The SMILES string of the molecule is CCOC(=O)N1CCc2c([nH]c3ccc(Cl)cc23)C1c1ccc(OCCCCCCN2CCN(C)CC2)cc1.CCOC(=O)N1CCc2c([nH]c3ccc(Cl)cc23)C1c1ccc(OCCCCCCn2ccnc2)cc1.CCOC(=O)N1CCc2c([nH]c3ccc(Cl)cc23)C1c1ccc(OCCCCCCn2cncn2)cc1. The van der Waals surface area contributed by atoms with Crippen LogP contribution in [0.1, 0.15) is 166 Å². The van der Waals surface area contributed by atoms with Gasteiger partial charge in [-0.15, -0.1) is 0 Å². The first-order chi connectivity index (χ1) is 55.3. The minimum absolute atomic E-state index is 0.256. The Bertz CT molecular complexity index is 4630. The van der Waals surface area contributed by atoms with Crippen molar-refractivity contribution in [1.29, 1.82) is 0 Å². The first-order valence-electron chi connectivity index (χ1n) is 40.4. The van der Waals surface area contributed by atoms with Gasteiger partial charge in [0.2, 0.25) is 0 Å². The topological polar surface area (TPSA) is 219 Å². The lowest BCUT2D eigenvalue weighted by atomic mass is 9.92. The molecule has 3 atom stereocenters. The molecule has 0 spiro atoms. The zero-order valence-corrected chi connectivity index (χ0v) is 67.7. The summed E-state index contributed by atoms with van der Waals surface area (Å²) in [5.74, 6) is 2.52. The second-order valence-corrected chi connectivity index (χ2v) is 30.7. The Kier molecular flexibility index (Phi) is 29.0. The molecule has 0 aliphatic carbocycles. The number of likely N-dealkylation sites (N-methyl/N-ethyl adjacent to an activating group) is 1. The Balaban J connectivity index is 0.000000148. The number of benzene rings is 6. The molecule has 4 aliphatic rings. The van der Waals surface area contributed by atoms with Crippen molar-refractivity contribution in [3.05, 3.63) is 224 Å². The van der Waals surface area contributed by atoms with Crippen LogP contribution in [0.3, 0.4) is 0 Å². The number of unbranched alkanes of at least 4 members (excludes halogenated alkanes) is 9. The number of imidazole rings is 1. The Hall–Kier alpha value is -9.71. The van der Waals surface area contributed by atoms with E-state index >= 15 is 0 Å². The van der Waals surface area contributed by atoms with Crippen LogP contribution >= 0.6 is 34.8 Å². The largest absolute Gasteiger partial charge is 0.494 e. The number of hydrogen-bond donors (Lipinski definition) is 3. The highest BCUT2D eigenvalue weighted by Gasteiger charge is 2.39. The van der Waals surface area contributed by atoms with Crippen LogP contribution in [0.5, 0.6) is 17.2 Å². The number of amides is 3. The predicted molar refractivity (Wildman–Crippen MR) is 445 cm³/mol. The summed E-state index contributed by atoms with van der Waals surface area (Å²) >= 11 is 18.9. The van der Waals surface area contributed by atoms with Crippen LogP contribution in [0, 0.1) is 0 Å². The van der Waals surface area contributed by atoms with Crippen molar-refractivity contribution in [2.75, 3.05) is 99.0 Å². The molecule has 9 heterocycles. The van der Waals surface area contributed by atoms with Crippen LogP contribution < -0.4 is 14.2 Å². The van der Waals surface area contributed by atoms with E-state index < -0.39 is 0 Å². The van der Waals surface area contributed by atoms with Crippen molar-refractivity contribution in [3.8, 4) is 17.2 Å². The molecule has 4 aliphatic heterocycles. The van der Waals surface area contributed by atoms with Crippen molar-refractivity contribution in [3.63, 3.8) is 0 Å². The number of aromatic nitrogens is 8. The number of H-pyrrole nitrogens is 3. The number of carbonyl (C=O) groups excluding carboxylic acids is 3. The van der Waals surface area contributed by atoms with Crippen molar-refractivity contribution in [2.24, 2.45) is 0 Å². The normalized spacial score (nSPS) is 16.2. The van der Waals surface area contributed by atoms with Gasteiger partial charge in [0.1, 0.15) is 48.0 Å². The Morgan fingerprint density at radius 1 is 0.425 bits per heavy atom. The highest BCUT2D eigenvalue weighted by atomic mass is 35.5. The number of aryl methyl sites for hydroxylation is 2. The molecule has 0 bridgehead atoms. The van der Waals surface area contributed by atoms with Crippen LogP contribution in [-0.2, 0) is 46.6 Å². The molecule has 3 amide bonds. The molecule has 1 saturated heterocycles. The predicted octanol–water partition coefficient (Wildman–Crippen LogP) is 19.0. The monoisotopic (exact) mass is 1590 g/mol. The maximum Gasteiger partial charge on any atom is 0.410 e. The zero-order valence-electron chi connectivity index (χ0n) is 65.4. The summed E-state index contributed by atoms with van der Waals surface area (Å²) in [6, 6.07) is 41.1. The van der Waals surface area contributed by atoms with Gasteiger partial charge in [0.15, 0.2) is 0 Å². The molecule has 25 heteroatoms. The second-order valence-electron chi connectivity index (χ2n) is 29.4. The van der Waals surface area contributed by atoms with Crippen molar-refractivity contribution in [1.82, 2.24) is 63.8 Å². The Morgan fingerprint density at radius 3 is 1.15 bits per heavy atom. The average molecular weight is 1600 g/mol. The minimum atomic E-state index is -0.306. The van der Waals surface area contributed by atoms with E-state index in [9.17, 15) is 14.4 Å². The van der Waals surface area contributed by atoms with E-state index in [1.807, 2.05) is 169 Å². The first kappa shape index (κ1) is 81.3. The first-order valence-corrected chi connectivity index (χ1v) is 41.5. The molecule has 6 aromatic carbocycles. The lowest BCUT2D eigenvalue weighted by Gasteiger charge is -2.35. The highest BCUT2D eigenvalue weighted by molar-refractivity contribution is 6.32. The van der Waals surface area contributed by atoms with Crippen molar-refractivity contribution in [2.45, 2.75) is 148 Å². The molecular weight excluding hydrogens is 1490 g/mol. The van der Waals surface area contributed by atoms with Crippen LogP contribution in [0.25, 0.3) is 32.7 Å². The molecular formula is C88H106Cl3N13O9. The van der Waals surface area contributed by atoms with E-state index in [1.165, 1.54) is 75.1 Å². The Morgan fingerprint density at radius 2 is 0.796 bits per heavy atom. The van der Waals surface area contributed by atoms with Crippen LogP contribution in [0.2, 0.25) is 15.1 Å². The summed E-state index contributed by atoms with van der Waals surface area (Å²) in [5.41, 5.74) is 12.8. The summed E-state index contributed by atoms with van der Waals surface area (Å²) < 4.78 is 38.2. The quantitative estimate of drug-likeness (QED) is 0.0282. The lowest BCUT2D eigenvalue weighted by molar-refractivity contribution is 0.0924. The van der Waals surface area contributed by atoms with Gasteiger partial charge in [-0.1, -0.05) is 103 Å². The maximum atomic E-state index is 12.9. The fourth-order valence-corrected chi connectivity index (χ4v) is 16.5. The third-order valence-corrected chi connectivity index (χ3v) is 22.5. The number of halogens is 3. The van der Waals surface area contributed by atoms with Gasteiger partial charge >= 0.3 is 18.3 Å². The second kappa shape index (κ2) is 40.3. The number of hydrogen-bond acceptors (Lipinski definition) is 14. The number of aromatic amines is 3. The summed E-state index contributed by atoms with van der Waals surface area (Å²) in [6.45, 7) is 18.2. The molecule has 22 nitrogen and oxygen atoms in total.